The SMILES string of the molecule is CCCC1(C)CN(C(C)C)C1. The van der Waals surface area contributed by atoms with Crippen LogP contribution in [0.2, 0.25) is 0 Å². The van der Waals surface area contributed by atoms with Crippen molar-refractivity contribution in [1.82, 2.24) is 4.90 Å². The van der Waals surface area contributed by atoms with E-state index in [4.69, 9.17) is 0 Å². The molecule has 1 nitrogen and oxygen atoms in total. The molecule has 0 aromatic carbocycles. The van der Waals surface area contributed by atoms with Gasteiger partial charge >= 0.3 is 0 Å². The third kappa shape index (κ3) is 1.96. The first kappa shape index (κ1) is 9.05. The van der Waals surface area contributed by atoms with Crippen molar-refractivity contribution in [1.29, 1.82) is 0 Å². The lowest BCUT2D eigenvalue weighted by Gasteiger charge is -2.50. The molecule has 1 saturated heterocycles. The molecule has 0 aromatic rings. The van der Waals surface area contributed by atoms with E-state index in [1.807, 2.05) is 0 Å². The van der Waals surface area contributed by atoms with Gasteiger partial charge in [-0.3, -0.25) is 4.90 Å². The van der Waals surface area contributed by atoms with Crippen LogP contribution in [0.1, 0.15) is 40.5 Å². The fourth-order valence-corrected chi connectivity index (χ4v) is 2.06. The third-order valence-corrected chi connectivity index (χ3v) is 2.75. The van der Waals surface area contributed by atoms with E-state index < -0.39 is 0 Å². The van der Waals surface area contributed by atoms with Gasteiger partial charge in [-0.05, 0) is 25.7 Å². The summed E-state index contributed by atoms with van der Waals surface area (Å²) < 4.78 is 0. The molecule has 0 aliphatic carbocycles. The fourth-order valence-electron chi connectivity index (χ4n) is 2.06. The first-order valence-corrected chi connectivity index (χ1v) is 4.81. The normalized spacial score (nSPS) is 23.7. The van der Waals surface area contributed by atoms with Crippen LogP contribution in [-0.4, -0.2) is 24.0 Å². The van der Waals surface area contributed by atoms with Crippen molar-refractivity contribution in [2.45, 2.75) is 46.6 Å². The Morgan fingerprint density at radius 3 is 2.27 bits per heavy atom. The molecular formula is C10H21N. The maximum absolute atomic E-state index is 2.55. The van der Waals surface area contributed by atoms with E-state index in [0.717, 1.165) is 6.04 Å². The van der Waals surface area contributed by atoms with Crippen LogP contribution in [-0.2, 0) is 0 Å². The van der Waals surface area contributed by atoms with Crippen LogP contribution in [0.15, 0.2) is 0 Å². The summed E-state index contributed by atoms with van der Waals surface area (Å²) in [5.41, 5.74) is 0.652. The van der Waals surface area contributed by atoms with E-state index >= 15 is 0 Å². The Kier molecular flexibility index (Phi) is 2.58. The minimum atomic E-state index is 0.652. The van der Waals surface area contributed by atoms with Crippen LogP contribution >= 0.6 is 0 Å². The van der Waals surface area contributed by atoms with Crippen LogP contribution in [0.3, 0.4) is 0 Å². The van der Waals surface area contributed by atoms with Crippen LogP contribution in [0, 0.1) is 5.41 Å². The third-order valence-electron chi connectivity index (χ3n) is 2.75. The number of rotatable bonds is 3. The zero-order valence-corrected chi connectivity index (χ0v) is 8.35. The highest BCUT2D eigenvalue weighted by molar-refractivity contribution is 4.92. The van der Waals surface area contributed by atoms with E-state index in [1.165, 1.54) is 25.9 Å². The Hall–Kier alpha value is -0.0400. The molecule has 0 amide bonds. The second kappa shape index (κ2) is 3.14. The number of hydrogen-bond donors (Lipinski definition) is 0. The molecule has 1 aliphatic rings. The van der Waals surface area contributed by atoms with Gasteiger partial charge in [0, 0.05) is 19.1 Å². The fraction of sp³-hybridized carbons (Fsp3) is 1.00. The average molecular weight is 155 g/mol. The summed E-state index contributed by atoms with van der Waals surface area (Å²) >= 11 is 0. The Balaban J connectivity index is 2.26. The lowest BCUT2D eigenvalue weighted by atomic mass is 9.77. The molecule has 0 aromatic heterocycles. The predicted molar refractivity (Wildman–Crippen MR) is 49.7 cm³/mol. The lowest BCUT2D eigenvalue weighted by Crippen LogP contribution is -2.56. The summed E-state index contributed by atoms with van der Waals surface area (Å²) in [5, 5.41) is 0. The van der Waals surface area contributed by atoms with E-state index in [1.54, 1.807) is 0 Å². The monoisotopic (exact) mass is 155 g/mol. The van der Waals surface area contributed by atoms with E-state index in [0.29, 0.717) is 5.41 Å². The van der Waals surface area contributed by atoms with Gasteiger partial charge in [0.05, 0.1) is 0 Å². The first-order valence-electron chi connectivity index (χ1n) is 4.81. The maximum Gasteiger partial charge on any atom is 0.00505 e. The van der Waals surface area contributed by atoms with Gasteiger partial charge in [0.1, 0.15) is 0 Å². The molecule has 0 atom stereocenters. The largest absolute Gasteiger partial charge is 0.300 e. The lowest BCUT2D eigenvalue weighted by molar-refractivity contribution is -0.0144. The first-order chi connectivity index (χ1) is 5.07. The smallest absolute Gasteiger partial charge is 0.00505 e. The molecule has 1 aliphatic heterocycles. The minimum Gasteiger partial charge on any atom is -0.300 e. The number of hydrogen-bond acceptors (Lipinski definition) is 1. The second-order valence-electron chi connectivity index (χ2n) is 4.56. The van der Waals surface area contributed by atoms with Crippen LogP contribution in [0.5, 0.6) is 0 Å². The van der Waals surface area contributed by atoms with Crippen LogP contribution in [0.25, 0.3) is 0 Å². The summed E-state index contributed by atoms with van der Waals surface area (Å²) in [7, 11) is 0. The average Bonchev–Trinajstić information content (AvgIpc) is 1.82. The second-order valence-corrected chi connectivity index (χ2v) is 4.56. The summed E-state index contributed by atoms with van der Waals surface area (Å²) in [6, 6.07) is 0.750. The van der Waals surface area contributed by atoms with Gasteiger partial charge in [0.2, 0.25) is 0 Å². The van der Waals surface area contributed by atoms with E-state index in [9.17, 15) is 0 Å². The van der Waals surface area contributed by atoms with Crippen molar-refractivity contribution >= 4 is 0 Å². The maximum atomic E-state index is 2.55. The summed E-state index contributed by atoms with van der Waals surface area (Å²) in [6.45, 7) is 11.9. The zero-order valence-electron chi connectivity index (χ0n) is 8.35. The highest BCUT2D eigenvalue weighted by Gasteiger charge is 2.38. The van der Waals surface area contributed by atoms with Crippen LogP contribution in [0.4, 0.5) is 0 Å². The number of likely N-dealkylation sites (tertiary alicyclic amines) is 1. The molecule has 0 spiro atoms. The van der Waals surface area contributed by atoms with Gasteiger partial charge in [-0.15, -0.1) is 0 Å². The van der Waals surface area contributed by atoms with E-state index in [-0.39, 0.29) is 0 Å². The van der Waals surface area contributed by atoms with Crippen molar-refractivity contribution in [2.24, 2.45) is 5.41 Å². The Bertz CT molecular complexity index is 123. The van der Waals surface area contributed by atoms with Gasteiger partial charge in [-0.25, -0.2) is 0 Å². The Morgan fingerprint density at radius 1 is 1.36 bits per heavy atom. The molecule has 0 bridgehead atoms. The molecule has 1 heteroatoms. The molecule has 66 valence electrons. The van der Waals surface area contributed by atoms with Gasteiger partial charge in [-0.2, -0.15) is 0 Å². The highest BCUT2D eigenvalue weighted by Crippen LogP contribution is 2.35. The molecule has 1 rings (SSSR count). The number of nitrogens with zero attached hydrogens (tertiary/aromatic N) is 1. The quantitative estimate of drug-likeness (QED) is 0.605. The molecular weight excluding hydrogens is 134 g/mol. The Morgan fingerprint density at radius 2 is 1.91 bits per heavy atom. The topological polar surface area (TPSA) is 3.24 Å². The highest BCUT2D eigenvalue weighted by atomic mass is 15.2. The van der Waals surface area contributed by atoms with Crippen molar-refractivity contribution in [2.75, 3.05) is 13.1 Å². The van der Waals surface area contributed by atoms with Crippen LogP contribution < -0.4 is 0 Å². The summed E-state index contributed by atoms with van der Waals surface area (Å²) in [4.78, 5) is 2.55. The van der Waals surface area contributed by atoms with Crippen molar-refractivity contribution < 1.29 is 0 Å². The van der Waals surface area contributed by atoms with Crippen molar-refractivity contribution in [3.05, 3.63) is 0 Å². The molecule has 0 radical (unpaired) electrons. The summed E-state index contributed by atoms with van der Waals surface area (Å²) in [5.74, 6) is 0. The molecule has 1 heterocycles. The summed E-state index contributed by atoms with van der Waals surface area (Å²) in [6.07, 6.45) is 2.73. The molecule has 1 fully saturated rings. The molecule has 0 N–H and O–H groups in total. The zero-order chi connectivity index (χ0) is 8.48. The molecule has 0 unspecified atom stereocenters. The van der Waals surface area contributed by atoms with Gasteiger partial charge < -0.3 is 0 Å². The molecule has 0 saturated carbocycles. The van der Waals surface area contributed by atoms with Crippen molar-refractivity contribution in [3.63, 3.8) is 0 Å². The van der Waals surface area contributed by atoms with Gasteiger partial charge in [-0.1, -0.05) is 20.3 Å². The standard InChI is InChI=1S/C10H21N/c1-5-6-10(4)7-11(8-10)9(2)3/h9H,5-8H2,1-4H3. The van der Waals surface area contributed by atoms with Crippen molar-refractivity contribution in [3.8, 4) is 0 Å². The predicted octanol–water partition coefficient (Wildman–Crippen LogP) is 2.52. The van der Waals surface area contributed by atoms with Gasteiger partial charge in [0.15, 0.2) is 0 Å². The Labute approximate surface area is 70.8 Å². The molecule has 11 heavy (non-hydrogen) atoms. The van der Waals surface area contributed by atoms with E-state index in [2.05, 4.69) is 32.6 Å². The minimum absolute atomic E-state index is 0.652. The van der Waals surface area contributed by atoms with Gasteiger partial charge in [0.25, 0.3) is 0 Å².